The van der Waals surface area contributed by atoms with Crippen LogP contribution in [0.3, 0.4) is 0 Å². The number of benzene rings is 1. The van der Waals surface area contributed by atoms with Gasteiger partial charge in [0, 0.05) is 0 Å². The Hall–Kier alpha value is -2.67. The number of hydrogen-bond acceptors (Lipinski definition) is 5. The Bertz CT molecular complexity index is 1010. The number of halogens is 1. The second kappa shape index (κ2) is 6.68. The number of aromatic nitrogens is 3. The highest BCUT2D eigenvalue weighted by Crippen LogP contribution is 2.23. The molecule has 0 saturated heterocycles. The van der Waals surface area contributed by atoms with Crippen LogP contribution in [0.2, 0.25) is 5.02 Å². The van der Waals surface area contributed by atoms with Crippen molar-refractivity contribution in [3.63, 3.8) is 0 Å². The van der Waals surface area contributed by atoms with E-state index >= 15 is 0 Å². The van der Waals surface area contributed by atoms with Crippen molar-refractivity contribution in [1.29, 1.82) is 0 Å². The predicted molar refractivity (Wildman–Crippen MR) is 94.9 cm³/mol. The summed E-state index contributed by atoms with van der Waals surface area (Å²) in [5, 5.41) is 11.9. The maximum atomic E-state index is 12.7. The molecule has 1 aromatic carbocycles. The van der Waals surface area contributed by atoms with Crippen LogP contribution in [0.15, 0.2) is 33.6 Å². The summed E-state index contributed by atoms with van der Waals surface area (Å²) in [6, 6.07) is 6.12. The van der Waals surface area contributed by atoms with Crippen LogP contribution >= 0.6 is 11.6 Å². The van der Waals surface area contributed by atoms with Gasteiger partial charge in [0.05, 0.1) is 21.8 Å². The molecule has 1 N–H and O–H groups in total. The number of carbonyl (C=O) groups excluding carboxylic acids is 1. The van der Waals surface area contributed by atoms with Crippen molar-refractivity contribution in [2.45, 2.75) is 33.2 Å². The number of nitrogens with one attached hydrogen (secondary N) is 1. The number of fused-ring (bicyclic) bond motifs is 1. The Morgan fingerprint density at radius 1 is 1.36 bits per heavy atom. The molecule has 8 heteroatoms. The molecular formula is C17H17ClN4O3. The summed E-state index contributed by atoms with van der Waals surface area (Å²) in [4.78, 5) is 25.4. The highest BCUT2D eigenvalue weighted by atomic mass is 35.5. The predicted octanol–water partition coefficient (Wildman–Crippen LogP) is 3.24. The van der Waals surface area contributed by atoms with E-state index in [-0.39, 0.29) is 11.4 Å². The van der Waals surface area contributed by atoms with Crippen LogP contribution in [-0.2, 0) is 4.79 Å². The Morgan fingerprint density at radius 2 is 2.08 bits per heavy atom. The molecule has 0 aliphatic rings. The van der Waals surface area contributed by atoms with E-state index in [1.54, 1.807) is 45.0 Å². The van der Waals surface area contributed by atoms with Gasteiger partial charge < -0.3 is 9.84 Å². The molecule has 1 unspecified atom stereocenters. The van der Waals surface area contributed by atoms with Crippen LogP contribution in [0, 0.1) is 13.8 Å². The zero-order valence-corrected chi connectivity index (χ0v) is 14.8. The van der Waals surface area contributed by atoms with Crippen LogP contribution in [0.5, 0.6) is 0 Å². The standard InChI is InChI=1S/C17H17ClN4O3/c1-4-13(16(23)19-12-8-6-5-7-11(12)18)22-17(24)15-14(9(2)20-22)10(3)25-21-15/h5-8,13H,4H2,1-3H3,(H,19,23). The first kappa shape index (κ1) is 17.2. The molecule has 7 nitrogen and oxygen atoms in total. The smallest absolute Gasteiger partial charge is 0.297 e. The van der Waals surface area contributed by atoms with Gasteiger partial charge in [-0.2, -0.15) is 5.10 Å². The maximum Gasteiger partial charge on any atom is 0.297 e. The molecule has 0 radical (unpaired) electrons. The fourth-order valence-electron chi connectivity index (χ4n) is 2.77. The molecule has 2 heterocycles. The van der Waals surface area contributed by atoms with E-state index in [4.69, 9.17) is 16.1 Å². The van der Waals surface area contributed by atoms with Crippen molar-refractivity contribution < 1.29 is 9.32 Å². The van der Waals surface area contributed by atoms with E-state index in [2.05, 4.69) is 15.6 Å². The molecule has 0 bridgehead atoms. The quantitative estimate of drug-likeness (QED) is 0.771. The van der Waals surface area contributed by atoms with Gasteiger partial charge in [-0.05, 0) is 32.4 Å². The minimum absolute atomic E-state index is 0.175. The van der Waals surface area contributed by atoms with Crippen LogP contribution in [0.4, 0.5) is 5.69 Å². The first-order valence-corrected chi connectivity index (χ1v) is 8.22. The van der Waals surface area contributed by atoms with E-state index in [1.807, 2.05) is 0 Å². The lowest BCUT2D eigenvalue weighted by molar-refractivity contribution is -0.119. The first-order chi connectivity index (χ1) is 11.9. The third kappa shape index (κ3) is 3.02. The number of anilines is 1. The summed E-state index contributed by atoms with van der Waals surface area (Å²) in [5.41, 5.74) is 0.778. The van der Waals surface area contributed by atoms with Gasteiger partial charge in [-0.1, -0.05) is 35.8 Å². The number of hydrogen-bond donors (Lipinski definition) is 1. The molecule has 0 aliphatic carbocycles. The molecule has 1 atom stereocenters. The third-order valence-corrected chi connectivity index (χ3v) is 4.34. The Kier molecular flexibility index (Phi) is 4.59. The molecule has 0 spiro atoms. The number of para-hydroxylation sites is 1. The summed E-state index contributed by atoms with van der Waals surface area (Å²) in [6.07, 6.45) is 0.380. The summed E-state index contributed by atoms with van der Waals surface area (Å²) < 4.78 is 6.25. The average Bonchev–Trinajstić information content (AvgIpc) is 2.97. The second-order valence-corrected chi connectivity index (χ2v) is 6.10. The van der Waals surface area contributed by atoms with Gasteiger partial charge in [0.1, 0.15) is 11.8 Å². The van der Waals surface area contributed by atoms with Gasteiger partial charge in [-0.25, -0.2) is 4.68 Å². The van der Waals surface area contributed by atoms with E-state index < -0.39 is 11.6 Å². The second-order valence-electron chi connectivity index (χ2n) is 5.69. The summed E-state index contributed by atoms with van der Waals surface area (Å²) in [5.74, 6) is 0.155. The lowest BCUT2D eigenvalue weighted by Gasteiger charge is -2.17. The fourth-order valence-corrected chi connectivity index (χ4v) is 2.95. The lowest BCUT2D eigenvalue weighted by atomic mass is 10.2. The topological polar surface area (TPSA) is 90.0 Å². The van der Waals surface area contributed by atoms with Gasteiger partial charge >= 0.3 is 0 Å². The highest BCUT2D eigenvalue weighted by Gasteiger charge is 2.25. The molecule has 1 amide bonds. The summed E-state index contributed by atoms with van der Waals surface area (Å²) in [6.45, 7) is 5.27. The minimum atomic E-state index is -0.788. The highest BCUT2D eigenvalue weighted by molar-refractivity contribution is 6.33. The lowest BCUT2D eigenvalue weighted by Crippen LogP contribution is -2.35. The Morgan fingerprint density at radius 3 is 2.76 bits per heavy atom. The zero-order chi connectivity index (χ0) is 18.1. The number of rotatable bonds is 4. The number of amides is 1. The van der Waals surface area contributed by atoms with Crippen LogP contribution < -0.4 is 10.9 Å². The first-order valence-electron chi connectivity index (χ1n) is 7.84. The molecule has 3 rings (SSSR count). The average molecular weight is 361 g/mol. The van der Waals surface area contributed by atoms with E-state index in [1.165, 1.54) is 0 Å². The van der Waals surface area contributed by atoms with Crippen LogP contribution in [0.1, 0.15) is 30.8 Å². The molecule has 25 heavy (non-hydrogen) atoms. The fraction of sp³-hybridized carbons (Fsp3) is 0.294. The van der Waals surface area contributed by atoms with Gasteiger partial charge in [-0.3, -0.25) is 9.59 Å². The van der Waals surface area contributed by atoms with Crippen molar-refractivity contribution in [1.82, 2.24) is 14.9 Å². The SMILES string of the molecule is CCC(C(=O)Nc1ccccc1Cl)n1nc(C)c2c(C)onc2c1=O. The maximum absolute atomic E-state index is 12.7. The van der Waals surface area contributed by atoms with Gasteiger partial charge in [0.2, 0.25) is 5.91 Å². The summed E-state index contributed by atoms with van der Waals surface area (Å²) in [7, 11) is 0. The number of aryl methyl sites for hydroxylation is 2. The van der Waals surface area contributed by atoms with Crippen LogP contribution in [0.25, 0.3) is 10.9 Å². The van der Waals surface area contributed by atoms with Gasteiger partial charge in [0.15, 0.2) is 5.52 Å². The van der Waals surface area contributed by atoms with Crippen molar-refractivity contribution in [2.24, 2.45) is 0 Å². The Balaban J connectivity index is 2.02. The molecule has 0 fully saturated rings. The number of nitrogens with zero attached hydrogens (tertiary/aromatic N) is 3. The van der Waals surface area contributed by atoms with Gasteiger partial charge in [0.25, 0.3) is 5.56 Å². The van der Waals surface area contributed by atoms with Crippen molar-refractivity contribution >= 4 is 34.1 Å². The van der Waals surface area contributed by atoms with E-state index in [0.29, 0.717) is 34.0 Å². The monoisotopic (exact) mass is 360 g/mol. The van der Waals surface area contributed by atoms with Crippen molar-refractivity contribution in [3.05, 3.63) is 51.1 Å². The molecule has 2 aromatic heterocycles. The number of carbonyl (C=O) groups is 1. The minimum Gasteiger partial charge on any atom is -0.360 e. The molecule has 3 aromatic rings. The van der Waals surface area contributed by atoms with E-state index in [0.717, 1.165) is 4.68 Å². The van der Waals surface area contributed by atoms with Crippen molar-refractivity contribution in [2.75, 3.05) is 5.32 Å². The van der Waals surface area contributed by atoms with Crippen LogP contribution in [-0.4, -0.2) is 20.8 Å². The zero-order valence-electron chi connectivity index (χ0n) is 14.0. The molecule has 0 saturated carbocycles. The van der Waals surface area contributed by atoms with Gasteiger partial charge in [-0.15, -0.1) is 0 Å². The molecular weight excluding hydrogens is 344 g/mol. The third-order valence-electron chi connectivity index (χ3n) is 4.01. The van der Waals surface area contributed by atoms with E-state index in [9.17, 15) is 9.59 Å². The largest absolute Gasteiger partial charge is 0.360 e. The summed E-state index contributed by atoms with van der Waals surface area (Å²) >= 11 is 6.08. The van der Waals surface area contributed by atoms with Crippen molar-refractivity contribution in [3.8, 4) is 0 Å². The molecule has 0 aliphatic heterocycles. The normalized spacial score (nSPS) is 12.3. The molecule has 130 valence electrons. The Labute approximate surface area is 148 Å².